The topological polar surface area (TPSA) is 59.6 Å². The van der Waals surface area contributed by atoms with Crippen LogP contribution in [0.4, 0.5) is 5.69 Å². The van der Waals surface area contributed by atoms with Crippen LogP contribution in [-0.4, -0.2) is 25.2 Å². The SMILES string of the molecule is COc1ccc(/C=C/C(=O)NC(=S)Nc2ccc(C)cc2C)cc1OC. The monoisotopic (exact) mass is 370 g/mol. The summed E-state index contributed by atoms with van der Waals surface area (Å²) in [5.41, 5.74) is 3.90. The number of hydrogen-bond acceptors (Lipinski definition) is 4. The van der Waals surface area contributed by atoms with Gasteiger partial charge >= 0.3 is 0 Å². The zero-order valence-corrected chi connectivity index (χ0v) is 16.1. The number of hydrogen-bond donors (Lipinski definition) is 2. The number of ether oxygens (including phenoxy) is 2. The Kier molecular flexibility index (Phi) is 6.74. The van der Waals surface area contributed by atoms with E-state index in [4.69, 9.17) is 21.7 Å². The zero-order valence-electron chi connectivity index (χ0n) is 15.3. The first-order chi connectivity index (χ1) is 12.4. The maximum atomic E-state index is 12.1. The van der Waals surface area contributed by atoms with E-state index in [2.05, 4.69) is 10.6 Å². The third-order valence-electron chi connectivity index (χ3n) is 3.70. The standard InChI is InChI=1S/C20H22N2O3S/c1-13-5-8-16(14(2)11-13)21-20(26)22-19(23)10-7-15-6-9-17(24-3)18(12-15)25-4/h5-12H,1-4H3,(H2,21,22,23,26)/b10-7+. The van der Waals surface area contributed by atoms with Gasteiger partial charge in [-0.3, -0.25) is 10.1 Å². The molecule has 5 nitrogen and oxygen atoms in total. The van der Waals surface area contributed by atoms with E-state index in [0.717, 1.165) is 16.8 Å². The van der Waals surface area contributed by atoms with Gasteiger partial charge in [0.25, 0.3) is 0 Å². The van der Waals surface area contributed by atoms with E-state index in [1.807, 2.05) is 38.1 Å². The maximum Gasteiger partial charge on any atom is 0.250 e. The summed E-state index contributed by atoms with van der Waals surface area (Å²) in [7, 11) is 3.14. The minimum absolute atomic E-state index is 0.249. The Hall–Kier alpha value is -2.86. The van der Waals surface area contributed by atoms with Gasteiger partial charge in [-0.25, -0.2) is 0 Å². The second-order valence-electron chi connectivity index (χ2n) is 5.71. The summed E-state index contributed by atoms with van der Waals surface area (Å²) in [6.45, 7) is 4.01. The molecular weight excluding hydrogens is 348 g/mol. The Bertz CT molecular complexity index is 847. The summed E-state index contributed by atoms with van der Waals surface area (Å²) < 4.78 is 10.4. The van der Waals surface area contributed by atoms with Gasteiger partial charge in [-0.1, -0.05) is 23.8 Å². The van der Waals surface area contributed by atoms with E-state index in [1.54, 1.807) is 32.4 Å². The van der Waals surface area contributed by atoms with Crippen LogP contribution in [0.3, 0.4) is 0 Å². The molecule has 2 aromatic rings. The molecule has 1 amide bonds. The van der Waals surface area contributed by atoms with Gasteiger partial charge in [-0.05, 0) is 61.5 Å². The van der Waals surface area contributed by atoms with Crippen molar-refractivity contribution in [2.24, 2.45) is 0 Å². The average Bonchev–Trinajstić information content (AvgIpc) is 2.62. The molecule has 0 atom stereocenters. The van der Waals surface area contributed by atoms with Crippen molar-refractivity contribution < 1.29 is 14.3 Å². The summed E-state index contributed by atoms with van der Waals surface area (Å²) in [5.74, 6) is 0.914. The fourth-order valence-corrected chi connectivity index (χ4v) is 2.60. The van der Waals surface area contributed by atoms with Crippen molar-refractivity contribution in [2.45, 2.75) is 13.8 Å². The van der Waals surface area contributed by atoms with Crippen LogP contribution in [0.25, 0.3) is 6.08 Å². The second-order valence-corrected chi connectivity index (χ2v) is 6.12. The van der Waals surface area contributed by atoms with Gasteiger partial charge in [0, 0.05) is 11.8 Å². The van der Waals surface area contributed by atoms with E-state index in [-0.39, 0.29) is 11.0 Å². The van der Waals surface area contributed by atoms with Gasteiger partial charge in [0.15, 0.2) is 16.6 Å². The third-order valence-corrected chi connectivity index (χ3v) is 3.91. The van der Waals surface area contributed by atoms with Gasteiger partial charge in [-0.2, -0.15) is 0 Å². The quantitative estimate of drug-likeness (QED) is 0.618. The molecule has 0 aliphatic rings. The number of thiocarbonyl (C=S) groups is 1. The lowest BCUT2D eigenvalue weighted by Crippen LogP contribution is -2.33. The Morgan fingerprint density at radius 1 is 1.04 bits per heavy atom. The van der Waals surface area contributed by atoms with Gasteiger partial charge in [-0.15, -0.1) is 0 Å². The van der Waals surface area contributed by atoms with Crippen molar-refractivity contribution in [3.05, 3.63) is 59.2 Å². The highest BCUT2D eigenvalue weighted by molar-refractivity contribution is 7.80. The summed E-state index contributed by atoms with van der Waals surface area (Å²) in [6.07, 6.45) is 3.09. The molecule has 0 aliphatic carbocycles. The number of aryl methyl sites for hydroxylation is 2. The number of amides is 1. The Balaban J connectivity index is 1.97. The van der Waals surface area contributed by atoms with Crippen molar-refractivity contribution in [2.75, 3.05) is 19.5 Å². The van der Waals surface area contributed by atoms with Crippen LogP contribution in [-0.2, 0) is 4.79 Å². The van der Waals surface area contributed by atoms with E-state index < -0.39 is 0 Å². The van der Waals surface area contributed by atoms with Gasteiger partial charge in [0.2, 0.25) is 5.91 Å². The molecule has 0 radical (unpaired) electrons. The van der Waals surface area contributed by atoms with Gasteiger partial charge < -0.3 is 14.8 Å². The number of rotatable bonds is 5. The van der Waals surface area contributed by atoms with E-state index >= 15 is 0 Å². The number of carbonyl (C=O) groups excluding carboxylic acids is 1. The first-order valence-corrected chi connectivity index (χ1v) is 8.43. The molecule has 0 heterocycles. The molecule has 136 valence electrons. The summed E-state index contributed by atoms with van der Waals surface area (Å²) in [6, 6.07) is 11.4. The van der Waals surface area contributed by atoms with Crippen molar-refractivity contribution >= 4 is 35.0 Å². The summed E-state index contributed by atoms with van der Waals surface area (Å²) >= 11 is 5.19. The predicted molar refractivity (Wildman–Crippen MR) is 109 cm³/mol. The molecule has 26 heavy (non-hydrogen) atoms. The molecule has 2 aromatic carbocycles. The highest BCUT2D eigenvalue weighted by Gasteiger charge is 2.05. The second kappa shape index (κ2) is 9.01. The normalized spacial score (nSPS) is 10.5. The molecule has 0 saturated carbocycles. The molecule has 0 fully saturated rings. The molecule has 2 N–H and O–H groups in total. The number of methoxy groups -OCH3 is 2. The fraction of sp³-hybridized carbons (Fsp3) is 0.200. The Labute approximate surface area is 159 Å². The maximum absolute atomic E-state index is 12.1. The first kappa shape index (κ1) is 19.5. The number of anilines is 1. The minimum Gasteiger partial charge on any atom is -0.493 e. The lowest BCUT2D eigenvalue weighted by molar-refractivity contribution is -0.115. The largest absolute Gasteiger partial charge is 0.493 e. The number of nitrogens with one attached hydrogen (secondary N) is 2. The Morgan fingerprint density at radius 2 is 1.77 bits per heavy atom. The molecule has 0 bridgehead atoms. The molecule has 0 saturated heterocycles. The number of benzene rings is 2. The predicted octanol–water partition coefficient (Wildman–Crippen LogP) is 3.85. The summed E-state index contributed by atoms with van der Waals surface area (Å²) in [5, 5.41) is 5.91. The van der Waals surface area contributed by atoms with Gasteiger partial charge in [0.05, 0.1) is 14.2 Å². The van der Waals surface area contributed by atoms with Crippen LogP contribution in [0.15, 0.2) is 42.5 Å². The average molecular weight is 370 g/mol. The van der Waals surface area contributed by atoms with Crippen LogP contribution in [0.2, 0.25) is 0 Å². The Morgan fingerprint density at radius 3 is 2.42 bits per heavy atom. The minimum atomic E-state index is -0.318. The van der Waals surface area contributed by atoms with E-state index in [9.17, 15) is 4.79 Å². The third kappa shape index (κ3) is 5.32. The molecular formula is C20H22N2O3S. The van der Waals surface area contributed by atoms with Crippen molar-refractivity contribution in [3.8, 4) is 11.5 Å². The molecule has 0 aliphatic heterocycles. The highest BCUT2D eigenvalue weighted by atomic mass is 32.1. The van der Waals surface area contributed by atoms with Crippen LogP contribution in [0.5, 0.6) is 11.5 Å². The first-order valence-electron chi connectivity index (χ1n) is 8.02. The number of carbonyl (C=O) groups is 1. The summed E-state index contributed by atoms with van der Waals surface area (Å²) in [4.78, 5) is 12.1. The van der Waals surface area contributed by atoms with Crippen molar-refractivity contribution in [1.82, 2.24) is 5.32 Å². The highest BCUT2D eigenvalue weighted by Crippen LogP contribution is 2.27. The van der Waals surface area contributed by atoms with Crippen molar-refractivity contribution in [3.63, 3.8) is 0 Å². The van der Waals surface area contributed by atoms with Crippen molar-refractivity contribution in [1.29, 1.82) is 0 Å². The lowest BCUT2D eigenvalue weighted by Gasteiger charge is -2.11. The molecule has 2 rings (SSSR count). The lowest BCUT2D eigenvalue weighted by atomic mass is 10.1. The fourth-order valence-electron chi connectivity index (χ4n) is 2.39. The molecule has 6 heteroatoms. The molecule has 0 aromatic heterocycles. The smallest absolute Gasteiger partial charge is 0.250 e. The van der Waals surface area contributed by atoms with Crippen LogP contribution in [0, 0.1) is 13.8 Å². The zero-order chi connectivity index (χ0) is 19.1. The molecule has 0 unspecified atom stereocenters. The van der Waals surface area contributed by atoms with Crippen LogP contribution < -0.4 is 20.1 Å². The van der Waals surface area contributed by atoms with Crippen LogP contribution in [0.1, 0.15) is 16.7 Å². The molecule has 0 spiro atoms. The van der Waals surface area contributed by atoms with E-state index in [0.29, 0.717) is 11.5 Å². The van der Waals surface area contributed by atoms with Gasteiger partial charge in [0.1, 0.15) is 0 Å². The van der Waals surface area contributed by atoms with E-state index in [1.165, 1.54) is 11.6 Å². The van der Waals surface area contributed by atoms with Crippen LogP contribution >= 0.6 is 12.2 Å².